The highest BCUT2D eigenvalue weighted by Gasteiger charge is 2.57. The minimum atomic E-state index is -4.49. The van der Waals surface area contributed by atoms with E-state index >= 15 is 0 Å². The van der Waals surface area contributed by atoms with Gasteiger partial charge in [0, 0.05) is 24.1 Å². The second kappa shape index (κ2) is 5.20. The molecule has 0 N–H and O–H groups in total. The maximum atomic E-state index is 13.4. The van der Waals surface area contributed by atoms with Crippen LogP contribution in [0, 0.1) is 28.1 Å². The molecule has 4 nitrogen and oxygen atoms in total. The molecule has 0 radical (unpaired) electrons. The van der Waals surface area contributed by atoms with Gasteiger partial charge in [-0.2, -0.15) is 18.4 Å². The van der Waals surface area contributed by atoms with Gasteiger partial charge in [-0.05, 0) is 24.3 Å². The van der Waals surface area contributed by atoms with Crippen molar-refractivity contribution in [1.29, 1.82) is 5.26 Å². The first-order valence-corrected chi connectivity index (χ1v) is 8.18. The van der Waals surface area contributed by atoms with Gasteiger partial charge in [0.05, 0.1) is 11.3 Å². The van der Waals surface area contributed by atoms with E-state index in [-0.39, 0.29) is 17.3 Å². The molecular formula is C18H20F3N3O. The van der Waals surface area contributed by atoms with Gasteiger partial charge < -0.3 is 4.90 Å². The van der Waals surface area contributed by atoms with E-state index in [0.717, 1.165) is 10.5 Å². The minimum absolute atomic E-state index is 0.00943. The van der Waals surface area contributed by atoms with Crippen LogP contribution in [0.3, 0.4) is 0 Å². The number of rotatable bonds is 0. The van der Waals surface area contributed by atoms with Crippen LogP contribution in [0.5, 0.6) is 0 Å². The van der Waals surface area contributed by atoms with Gasteiger partial charge in [-0.25, -0.2) is 0 Å². The fraction of sp³-hybridized carbons (Fsp3) is 0.611. The number of alkyl halides is 3. The summed E-state index contributed by atoms with van der Waals surface area (Å²) in [5, 5.41) is 9.34. The van der Waals surface area contributed by atoms with E-state index in [0.29, 0.717) is 18.6 Å². The second-order valence-electron chi connectivity index (χ2n) is 7.81. The molecule has 2 aliphatic carbocycles. The summed E-state index contributed by atoms with van der Waals surface area (Å²) in [7, 11) is 1.37. The van der Waals surface area contributed by atoms with Gasteiger partial charge in [0.15, 0.2) is 5.78 Å². The lowest BCUT2D eigenvalue weighted by molar-refractivity contribution is -0.172. The van der Waals surface area contributed by atoms with Crippen LogP contribution in [0.15, 0.2) is 28.4 Å². The van der Waals surface area contributed by atoms with E-state index in [1.807, 2.05) is 6.07 Å². The zero-order chi connectivity index (χ0) is 18.8. The van der Waals surface area contributed by atoms with Crippen LogP contribution in [0.1, 0.15) is 33.6 Å². The number of hydrogen-bond donors (Lipinski definition) is 0. The first-order valence-electron chi connectivity index (χ1n) is 8.18. The Balaban J connectivity index is 2.20. The van der Waals surface area contributed by atoms with Crippen LogP contribution < -0.4 is 0 Å². The van der Waals surface area contributed by atoms with Crippen molar-refractivity contribution in [1.82, 2.24) is 4.90 Å². The third kappa shape index (κ3) is 2.42. The predicted molar refractivity (Wildman–Crippen MR) is 86.4 cm³/mol. The lowest BCUT2D eigenvalue weighted by atomic mass is 9.51. The molecule has 3 rings (SSSR count). The van der Waals surface area contributed by atoms with Crippen LogP contribution in [-0.4, -0.2) is 35.8 Å². The first-order chi connectivity index (χ1) is 11.4. The molecule has 0 amide bonds. The van der Waals surface area contributed by atoms with Crippen molar-refractivity contribution in [2.75, 3.05) is 7.05 Å². The average molecular weight is 351 g/mol. The molecule has 0 spiro atoms. The molecule has 0 saturated heterocycles. The molecule has 1 heterocycles. The zero-order valence-electron chi connectivity index (χ0n) is 14.6. The summed E-state index contributed by atoms with van der Waals surface area (Å²) < 4.78 is 40.1. The summed E-state index contributed by atoms with van der Waals surface area (Å²) in [4.78, 5) is 17.7. The zero-order valence-corrected chi connectivity index (χ0v) is 14.6. The van der Waals surface area contributed by atoms with Gasteiger partial charge in [-0.1, -0.05) is 26.8 Å². The number of carbonyl (C=O) groups excluding carboxylic acids is 1. The van der Waals surface area contributed by atoms with Crippen molar-refractivity contribution in [3.8, 4) is 6.07 Å². The molecule has 0 aromatic heterocycles. The Morgan fingerprint density at radius 2 is 2.00 bits per heavy atom. The molecule has 134 valence electrons. The maximum Gasteiger partial charge on any atom is 0.429 e. The van der Waals surface area contributed by atoms with Crippen LogP contribution in [-0.2, 0) is 4.79 Å². The Hall–Kier alpha value is -2.10. The summed E-state index contributed by atoms with van der Waals surface area (Å²) in [6.07, 6.45) is -2.16. The van der Waals surface area contributed by atoms with E-state index in [4.69, 9.17) is 0 Å². The number of nitriles is 1. The lowest BCUT2D eigenvalue weighted by Gasteiger charge is -2.52. The normalized spacial score (nSPS) is 34.2. The lowest BCUT2D eigenvalue weighted by Crippen LogP contribution is -2.55. The van der Waals surface area contributed by atoms with Crippen molar-refractivity contribution in [3.05, 3.63) is 23.4 Å². The number of allylic oxidation sites excluding steroid dienone is 3. The number of fused-ring (bicyclic) bond motifs is 3. The fourth-order valence-corrected chi connectivity index (χ4v) is 4.64. The van der Waals surface area contributed by atoms with E-state index < -0.39 is 23.2 Å². The molecule has 0 aromatic carbocycles. The highest BCUT2D eigenvalue weighted by atomic mass is 19.4. The monoisotopic (exact) mass is 351 g/mol. The number of carbonyl (C=O) groups is 1. The molecule has 7 heteroatoms. The number of ketones is 1. The van der Waals surface area contributed by atoms with Gasteiger partial charge >= 0.3 is 6.18 Å². The van der Waals surface area contributed by atoms with Crippen LogP contribution in [0.25, 0.3) is 0 Å². The van der Waals surface area contributed by atoms with Crippen molar-refractivity contribution >= 4 is 11.5 Å². The molecule has 0 bridgehead atoms. The number of nitrogens with zero attached hydrogens (tertiary/aromatic N) is 3. The van der Waals surface area contributed by atoms with Gasteiger partial charge in [-0.3, -0.25) is 9.79 Å². The second-order valence-corrected chi connectivity index (χ2v) is 7.81. The van der Waals surface area contributed by atoms with Crippen molar-refractivity contribution in [2.24, 2.45) is 21.7 Å². The Bertz CT molecular complexity index is 769. The summed E-state index contributed by atoms with van der Waals surface area (Å²) in [5.74, 6) is -0.441. The fourth-order valence-electron chi connectivity index (χ4n) is 4.64. The Morgan fingerprint density at radius 3 is 2.56 bits per heavy atom. The highest BCUT2D eigenvalue weighted by molar-refractivity contribution is 6.12. The van der Waals surface area contributed by atoms with Crippen molar-refractivity contribution in [2.45, 2.75) is 46.0 Å². The number of halogens is 3. The Kier molecular flexibility index (Phi) is 3.68. The van der Waals surface area contributed by atoms with Gasteiger partial charge in [0.25, 0.3) is 0 Å². The third-order valence-electron chi connectivity index (χ3n) is 5.80. The Labute approximate surface area is 144 Å². The van der Waals surface area contributed by atoms with Crippen LogP contribution in [0.2, 0.25) is 0 Å². The van der Waals surface area contributed by atoms with Crippen LogP contribution in [0.4, 0.5) is 13.2 Å². The van der Waals surface area contributed by atoms with E-state index in [2.05, 4.69) is 4.99 Å². The predicted octanol–water partition coefficient (Wildman–Crippen LogP) is 3.62. The summed E-state index contributed by atoms with van der Waals surface area (Å²) in [6, 6.07) is 1.92. The SMILES string of the molecule is CN1C=C2CC[C@H]3C(C)(C)C(=O)C(C#N)=C[C@]3(C)C2=NC1C(F)(F)F. The Morgan fingerprint density at radius 1 is 1.36 bits per heavy atom. The summed E-state index contributed by atoms with van der Waals surface area (Å²) in [5.41, 5.74) is -0.565. The van der Waals surface area contributed by atoms with E-state index in [9.17, 15) is 23.2 Å². The van der Waals surface area contributed by atoms with Crippen LogP contribution >= 0.6 is 0 Å². The van der Waals surface area contributed by atoms with E-state index in [1.165, 1.54) is 19.3 Å². The molecular weight excluding hydrogens is 331 g/mol. The molecule has 1 saturated carbocycles. The number of Topliss-reactive ketones (excluding diaryl/α,β-unsaturated/α-hetero) is 1. The smallest absolute Gasteiger partial charge is 0.351 e. The minimum Gasteiger partial charge on any atom is -0.351 e. The van der Waals surface area contributed by atoms with E-state index in [1.54, 1.807) is 20.8 Å². The number of aliphatic imine (C=N–C) groups is 1. The summed E-state index contributed by atoms with van der Waals surface area (Å²) >= 11 is 0. The standard InChI is InChI=1S/C18H20F3N3O/c1-16(2)12-6-5-10-9-24(4)15(18(19,20)21)23-13(10)17(12,3)7-11(8-22)14(16)25/h7,9,12,15H,5-6H2,1-4H3/t12-,15?,17-/m0/s1. The average Bonchev–Trinajstić information content (AvgIpc) is 2.49. The molecule has 3 atom stereocenters. The molecule has 1 unspecified atom stereocenters. The molecule has 0 aromatic rings. The molecule has 3 aliphatic rings. The molecule has 25 heavy (non-hydrogen) atoms. The largest absolute Gasteiger partial charge is 0.429 e. The molecule has 1 fully saturated rings. The van der Waals surface area contributed by atoms with Gasteiger partial charge in [0.1, 0.15) is 6.07 Å². The van der Waals surface area contributed by atoms with Gasteiger partial charge in [-0.15, -0.1) is 0 Å². The van der Waals surface area contributed by atoms with Crippen molar-refractivity contribution < 1.29 is 18.0 Å². The maximum absolute atomic E-state index is 13.4. The molecule has 1 aliphatic heterocycles. The highest BCUT2D eigenvalue weighted by Crippen LogP contribution is 2.56. The first kappa shape index (κ1) is 17.7. The topological polar surface area (TPSA) is 56.5 Å². The van der Waals surface area contributed by atoms with Crippen molar-refractivity contribution in [3.63, 3.8) is 0 Å². The quantitative estimate of drug-likeness (QED) is 0.670. The third-order valence-corrected chi connectivity index (χ3v) is 5.80. The van der Waals surface area contributed by atoms with Gasteiger partial charge in [0.2, 0.25) is 6.17 Å². The summed E-state index contributed by atoms with van der Waals surface area (Å²) in [6.45, 7) is 5.34. The number of hydrogen-bond acceptors (Lipinski definition) is 4.